The Kier molecular flexibility index (Phi) is 6.09. The van der Waals surface area contributed by atoms with Gasteiger partial charge in [-0.15, -0.1) is 0 Å². The summed E-state index contributed by atoms with van der Waals surface area (Å²) in [6, 6.07) is 16.8. The van der Waals surface area contributed by atoms with Crippen LogP contribution in [0.3, 0.4) is 0 Å². The van der Waals surface area contributed by atoms with Gasteiger partial charge in [0.1, 0.15) is 11.4 Å². The third-order valence-corrected chi connectivity index (χ3v) is 6.12. The van der Waals surface area contributed by atoms with E-state index >= 15 is 0 Å². The second-order valence-electron chi connectivity index (χ2n) is 8.11. The molecule has 6 heteroatoms. The van der Waals surface area contributed by atoms with Crippen LogP contribution < -0.4 is 9.64 Å². The van der Waals surface area contributed by atoms with E-state index in [0.717, 1.165) is 37.2 Å². The van der Waals surface area contributed by atoms with Crippen molar-refractivity contribution in [1.82, 2.24) is 9.80 Å². The Morgan fingerprint density at radius 1 is 0.968 bits per heavy atom. The third kappa shape index (κ3) is 4.08. The molecule has 1 fully saturated rings. The topological polar surface area (TPSA) is 53.1 Å². The van der Waals surface area contributed by atoms with Gasteiger partial charge in [0.15, 0.2) is 0 Å². The van der Waals surface area contributed by atoms with E-state index in [4.69, 9.17) is 4.74 Å². The quantitative estimate of drug-likeness (QED) is 0.672. The Bertz CT molecular complexity index is 977. The maximum atomic E-state index is 13.6. The summed E-state index contributed by atoms with van der Waals surface area (Å²) in [5.41, 5.74) is 2.26. The van der Waals surface area contributed by atoms with Crippen molar-refractivity contribution in [2.75, 3.05) is 38.7 Å². The first-order chi connectivity index (χ1) is 15.0. The van der Waals surface area contributed by atoms with Gasteiger partial charge in [0.2, 0.25) is 0 Å². The van der Waals surface area contributed by atoms with Crippen LogP contribution in [0.2, 0.25) is 0 Å². The SMILES string of the molecule is CCOc1ccc(C2=C(N(C)C3CCN(C)CC3)C(=O)N(c3ccccc3)C2=O)cc1. The molecule has 162 valence electrons. The van der Waals surface area contributed by atoms with Crippen LogP contribution in [-0.2, 0) is 9.59 Å². The monoisotopic (exact) mass is 419 g/mol. The molecule has 6 nitrogen and oxygen atoms in total. The van der Waals surface area contributed by atoms with E-state index in [2.05, 4.69) is 11.9 Å². The van der Waals surface area contributed by atoms with E-state index in [9.17, 15) is 9.59 Å². The number of carbonyl (C=O) groups excluding carboxylic acids is 2. The summed E-state index contributed by atoms with van der Waals surface area (Å²) < 4.78 is 5.55. The molecule has 2 aliphatic rings. The zero-order valence-corrected chi connectivity index (χ0v) is 18.4. The number of rotatable bonds is 6. The number of ether oxygens (including phenoxy) is 1. The van der Waals surface area contributed by atoms with Crippen LogP contribution in [0.4, 0.5) is 5.69 Å². The lowest BCUT2D eigenvalue weighted by Crippen LogP contribution is -2.43. The highest BCUT2D eigenvalue weighted by molar-refractivity contribution is 6.45. The summed E-state index contributed by atoms with van der Waals surface area (Å²) in [5.74, 6) is 0.199. The van der Waals surface area contributed by atoms with Gasteiger partial charge < -0.3 is 14.5 Å². The van der Waals surface area contributed by atoms with Crippen LogP contribution in [0.15, 0.2) is 60.3 Å². The van der Waals surface area contributed by atoms with Crippen molar-refractivity contribution < 1.29 is 14.3 Å². The van der Waals surface area contributed by atoms with E-state index < -0.39 is 0 Å². The fourth-order valence-corrected chi connectivity index (χ4v) is 4.37. The van der Waals surface area contributed by atoms with E-state index in [1.165, 1.54) is 4.90 Å². The van der Waals surface area contributed by atoms with Crippen molar-refractivity contribution in [3.05, 3.63) is 65.9 Å². The number of para-hydroxylation sites is 1. The lowest BCUT2D eigenvalue weighted by molar-refractivity contribution is -0.120. The van der Waals surface area contributed by atoms with Gasteiger partial charge in [-0.1, -0.05) is 30.3 Å². The summed E-state index contributed by atoms with van der Waals surface area (Å²) >= 11 is 0. The van der Waals surface area contributed by atoms with Crippen molar-refractivity contribution in [3.8, 4) is 5.75 Å². The van der Waals surface area contributed by atoms with E-state index in [1.54, 1.807) is 12.1 Å². The van der Waals surface area contributed by atoms with Gasteiger partial charge in [-0.3, -0.25) is 9.59 Å². The molecule has 1 saturated heterocycles. The molecule has 2 aromatic rings. The zero-order chi connectivity index (χ0) is 22.0. The molecular weight excluding hydrogens is 390 g/mol. The molecule has 0 unspecified atom stereocenters. The zero-order valence-electron chi connectivity index (χ0n) is 18.4. The number of benzene rings is 2. The minimum atomic E-state index is -0.282. The first kappa shape index (κ1) is 21.1. The van der Waals surface area contributed by atoms with Gasteiger partial charge in [-0.05, 0) is 69.7 Å². The summed E-state index contributed by atoms with van der Waals surface area (Å²) in [7, 11) is 4.06. The Labute approximate surface area is 183 Å². The van der Waals surface area contributed by atoms with Gasteiger partial charge in [-0.25, -0.2) is 4.90 Å². The lowest BCUT2D eigenvalue weighted by Gasteiger charge is -2.36. The molecule has 4 rings (SSSR count). The summed E-state index contributed by atoms with van der Waals surface area (Å²) in [4.78, 5) is 32.8. The summed E-state index contributed by atoms with van der Waals surface area (Å²) in [6.07, 6.45) is 1.92. The van der Waals surface area contributed by atoms with E-state index in [1.807, 2.05) is 61.3 Å². The molecule has 0 saturated carbocycles. The molecule has 0 bridgehead atoms. The second kappa shape index (κ2) is 8.94. The van der Waals surface area contributed by atoms with Crippen LogP contribution in [-0.4, -0.2) is 61.4 Å². The van der Waals surface area contributed by atoms with Crippen molar-refractivity contribution in [3.63, 3.8) is 0 Å². The van der Waals surface area contributed by atoms with Gasteiger partial charge in [0.05, 0.1) is 17.9 Å². The highest BCUT2D eigenvalue weighted by Gasteiger charge is 2.43. The highest BCUT2D eigenvalue weighted by Crippen LogP contribution is 2.36. The van der Waals surface area contributed by atoms with Gasteiger partial charge in [0, 0.05) is 13.1 Å². The number of anilines is 1. The van der Waals surface area contributed by atoms with Gasteiger partial charge in [-0.2, -0.15) is 0 Å². The van der Waals surface area contributed by atoms with Gasteiger partial charge >= 0.3 is 0 Å². The molecule has 2 heterocycles. The second-order valence-corrected chi connectivity index (χ2v) is 8.11. The van der Waals surface area contributed by atoms with Crippen LogP contribution in [0.25, 0.3) is 5.57 Å². The number of hydrogen-bond acceptors (Lipinski definition) is 5. The normalized spacial score (nSPS) is 18.1. The van der Waals surface area contributed by atoms with Gasteiger partial charge in [0.25, 0.3) is 11.8 Å². The molecule has 0 N–H and O–H groups in total. The van der Waals surface area contributed by atoms with Crippen LogP contribution in [0.1, 0.15) is 25.3 Å². The van der Waals surface area contributed by atoms with Crippen LogP contribution >= 0.6 is 0 Å². The average Bonchev–Trinajstić information content (AvgIpc) is 3.05. The highest BCUT2D eigenvalue weighted by atomic mass is 16.5. The summed E-state index contributed by atoms with van der Waals surface area (Å²) in [5, 5.41) is 0. The first-order valence-electron chi connectivity index (χ1n) is 10.8. The lowest BCUT2D eigenvalue weighted by atomic mass is 10.00. The Morgan fingerprint density at radius 3 is 2.23 bits per heavy atom. The third-order valence-electron chi connectivity index (χ3n) is 6.12. The minimum absolute atomic E-state index is 0.219. The number of carbonyl (C=O) groups is 2. The predicted octanol–water partition coefficient (Wildman–Crippen LogP) is 3.40. The molecular formula is C25H29N3O3. The predicted molar refractivity (Wildman–Crippen MR) is 122 cm³/mol. The molecule has 0 radical (unpaired) electrons. The number of likely N-dealkylation sites (N-methyl/N-ethyl adjacent to an activating group) is 1. The summed E-state index contributed by atoms with van der Waals surface area (Å²) in [6.45, 7) is 4.46. The number of amides is 2. The number of likely N-dealkylation sites (tertiary alicyclic amines) is 1. The fraction of sp³-hybridized carbons (Fsp3) is 0.360. The Balaban J connectivity index is 1.75. The molecule has 0 spiro atoms. The number of nitrogens with zero attached hydrogens (tertiary/aromatic N) is 3. The number of imide groups is 1. The van der Waals surface area contributed by atoms with Crippen molar-refractivity contribution in [1.29, 1.82) is 0 Å². The van der Waals surface area contributed by atoms with Crippen molar-refractivity contribution in [2.24, 2.45) is 0 Å². The molecule has 0 aliphatic carbocycles. The molecule has 0 atom stereocenters. The van der Waals surface area contributed by atoms with Crippen molar-refractivity contribution in [2.45, 2.75) is 25.8 Å². The number of hydrogen-bond donors (Lipinski definition) is 0. The van der Waals surface area contributed by atoms with E-state index in [-0.39, 0.29) is 17.9 Å². The molecule has 31 heavy (non-hydrogen) atoms. The molecule has 2 aliphatic heterocycles. The van der Waals surface area contributed by atoms with Crippen LogP contribution in [0, 0.1) is 0 Å². The molecule has 2 amide bonds. The Morgan fingerprint density at radius 2 is 1.61 bits per heavy atom. The van der Waals surface area contributed by atoms with E-state index in [0.29, 0.717) is 23.6 Å². The fourth-order valence-electron chi connectivity index (χ4n) is 4.37. The average molecular weight is 420 g/mol. The Hall–Kier alpha value is -3.12. The molecule has 2 aromatic carbocycles. The minimum Gasteiger partial charge on any atom is -0.494 e. The van der Waals surface area contributed by atoms with Crippen molar-refractivity contribution >= 4 is 23.1 Å². The maximum absolute atomic E-state index is 13.6. The standard InChI is InChI=1S/C25H29N3O3/c1-4-31-21-12-10-18(11-13-21)22-23(27(3)19-14-16-26(2)17-15-19)25(30)28(24(22)29)20-8-6-5-7-9-20/h5-13,19H,4,14-17H2,1-3H3. The maximum Gasteiger partial charge on any atom is 0.282 e. The number of piperidine rings is 1. The first-order valence-corrected chi connectivity index (χ1v) is 10.8. The van der Waals surface area contributed by atoms with Crippen LogP contribution in [0.5, 0.6) is 5.75 Å². The molecule has 0 aromatic heterocycles. The smallest absolute Gasteiger partial charge is 0.282 e. The largest absolute Gasteiger partial charge is 0.494 e.